The van der Waals surface area contributed by atoms with Crippen LogP contribution in [0.3, 0.4) is 0 Å². The fourth-order valence-electron chi connectivity index (χ4n) is 2.55. The maximum atomic E-state index is 13.1. The molecule has 0 aromatic heterocycles. The van der Waals surface area contributed by atoms with Gasteiger partial charge in [-0.3, -0.25) is 9.10 Å². The van der Waals surface area contributed by atoms with Gasteiger partial charge in [-0.25, -0.2) is 8.42 Å². The Balaban J connectivity index is 1.98. The van der Waals surface area contributed by atoms with Gasteiger partial charge in [0.25, 0.3) is 10.0 Å². The zero-order chi connectivity index (χ0) is 18.0. The molecule has 25 heavy (non-hydrogen) atoms. The van der Waals surface area contributed by atoms with Gasteiger partial charge in [0.15, 0.2) is 0 Å². The van der Waals surface area contributed by atoms with Crippen molar-refractivity contribution < 1.29 is 13.2 Å². The number of carbonyl (C=O) groups is 1. The summed E-state index contributed by atoms with van der Waals surface area (Å²) in [4.78, 5) is 12.5. The molecule has 5 nitrogen and oxygen atoms in total. The minimum Gasteiger partial charge on any atom is -0.352 e. The first-order valence-electron chi connectivity index (χ1n) is 8.32. The Morgan fingerprint density at radius 2 is 1.76 bits per heavy atom. The van der Waals surface area contributed by atoms with Crippen molar-refractivity contribution in [3.8, 4) is 0 Å². The Hall–Kier alpha value is -2.34. The van der Waals surface area contributed by atoms with E-state index in [2.05, 4.69) is 5.32 Å². The lowest BCUT2D eigenvalue weighted by Crippen LogP contribution is -2.41. The van der Waals surface area contributed by atoms with Crippen LogP contribution in [0.2, 0.25) is 0 Å². The van der Waals surface area contributed by atoms with Crippen molar-refractivity contribution in [3.05, 3.63) is 59.7 Å². The van der Waals surface area contributed by atoms with Crippen LogP contribution in [0.1, 0.15) is 24.0 Å². The van der Waals surface area contributed by atoms with Gasteiger partial charge in [-0.1, -0.05) is 24.3 Å². The Morgan fingerprint density at radius 1 is 1.08 bits per heavy atom. The number of amides is 1. The van der Waals surface area contributed by atoms with Crippen molar-refractivity contribution >= 4 is 21.6 Å². The molecular formula is C19H22N2O3S. The van der Waals surface area contributed by atoms with Gasteiger partial charge in [-0.2, -0.15) is 0 Å². The number of hydrogen-bond acceptors (Lipinski definition) is 3. The molecule has 1 N–H and O–H groups in total. The molecule has 0 bridgehead atoms. The van der Waals surface area contributed by atoms with Gasteiger partial charge in [0, 0.05) is 6.04 Å². The van der Waals surface area contributed by atoms with Crippen molar-refractivity contribution in [2.45, 2.75) is 37.6 Å². The summed E-state index contributed by atoms with van der Waals surface area (Å²) in [6.07, 6.45) is 1.92. The van der Waals surface area contributed by atoms with Gasteiger partial charge in [0.1, 0.15) is 6.54 Å². The number of nitrogens with one attached hydrogen (secondary N) is 1. The molecule has 0 saturated heterocycles. The number of anilines is 1. The second-order valence-corrected chi connectivity index (χ2v) is 8.30. The maximum Gasteiger partial charge on any atom is 0.264 e. The summed E-state index contributed by atoms with van der Waals surface area (Å²) in [5.41, 5.74) is 2.55. The van der Waals surface area contributed by atoms with Crippen molar-refractivity contribution in [3.63, 3.8) is 0 Å². The highest BCUT2D eigenvalue weighted by Crippen LogP contribution is 2.26. The maximum absolute atomic E-state index is 13.1. The van der Waals surface area contributed by atoms with Crippen LogP contribution in [0.5, 0.6) is 0 Å². The zero-order valence-corrected chi connectivity index (χ0v) is 15.2. The molecule has 0 radical (unpaired) electrons. The molecule has 3 rings (SSSR count). The smallest absolute Gasteiger partial charge is 0.264 e. The highest BCUT2D eigenvalue weighted by Gasteiger charge is 2.29. The van der Waals surface area contributed by atoms with E-state index < -0.39 is 10.0 Å². The summed E-state index contributed by atoms with van der Waals surface area (Å²) in [7, 11) is -3.82. The number of aryl methyl sites for hydroxylation is 2. The van der Waals surface area contributed by atoms with Gasteiger partial charge in [0.2, 0.25) is 5.91 Å². The number of hydrogen-bond donors (Lipinski definition) is 1. The van der Waals surface area contributed by atoms with E-state index in [0.717, 1.165) is 24.0 Å². The topological polar surface area (TPSA) is 66.5 Å². The van der Waals surface area contributed by atoms with Crippen LogP contribution in [0, 0.1) is 13.8 Å². The number of sulfonamides is 1. The standard InChI is InChI=1S/C19H22N2O3S/c1-14-8-11-17(12-15(14)2)21(13-19(22)20-16-9-10-16)25(23,24)18-6-4-3-5-7-18/h3-8,11-12,16H,9-10,13H2,1-2H3,(H,20,22). The van der Waals surface area contributed by atoms with Gasteiger partial charge in [-0.15, -0.1) is 0 Å². The Labute approximate surface area is 148 Å². The van der Waals surface area contributed by atoms with Crippen LogP contribution in [0.15, 0.2) is 53.4 Å². The number of benzene rings is 2. The molecule has 6 heteroatoms. The Morgan fingerprint density at radius 3 is 2.36 bits per heavy atom. The van der Waals surface area contributed by atoms with Crippen LogP contribution >= 0.6 is 0 Å². The Kier molecular flexibility index (Phi) is 4.81. The molecule has 2 aromatic rings. The third kappa shape index (κ3) is 4.02. The molecule has 2 aromatic carbocycles. The van der Waals surface area contributed by atoms with E-state index in [1.165, 1.54) is 4.31 Å². The van der Waals surface area contributed by atoms with Crippen LogP contribution in [0.4, 0.5) is 5.69 Å². The SMILES string of the molecule is Cc1ccc(N(CC(=O)NC2CC2)S(=O)(=O)c2ccccc2)cc1C. The van der Waals surface area contributed by atoms with E-state index >= 15 is 0 Å². The lowest BCUT2D eigenvalue weighted by molar-refractivity contribution is -0.119. The summed E-state index contributed by atoms with van der Waals surface area (Å²) in [6.45, 7) is 3.67. The van der Waals surface area contributed by atoms with Gasteiger partial charge in [-0.05, 0) is 62.1 Å². The van der Waals surface area contributed by atoms with Gasteiger partial charge in [0.05, 0.1) is 10.6 Å². The van der Waals surface area contributed by atoms with Gasteiger partial charge < -0.3 is 5.32 Å². The van der Waals surface area contributed by atoms with E-state index in [0.29, 0.717) is 5.69 Å². The molecule has 0 atom stereocenters. The van der Waals surface area contributed by atoms with E-state index in [4.69, 9.17) is 0 Å². The third-order valence-electron chi connectivity index (χ3n) is 4.34. The van der Waals surface area contributed by atoms with Crippen molar-refractivity contribution in [1.29, 1.82) is 0 Å². The average molecular weight is 358 g/mol. The van der Waals surface area contributed by atoms with Crippen LogP contribution in [-0.4, -0.2) is 26.9 Å². The molecule has 1 fully saturated rings. The molecule has 1 aliphatic carbocycles. The van der Waals surface area contributed by atoms with E-state index in [1.54, 1.807) is 42.5 Å². The van der Waals surface area contributed by atoms with Crippen LogP contribution in [-0.2, 0) is 14.8 Å². The van der Waals surface area contributed by atoms with Crippen molar-refractivity contribution in [1.82, 2.24) is 5.32 Å². The zero-order valence-electron chi connectivity index (χ0n) is 14.4. The van der Waals surface area contributed by atoms with Gasteiger partial charge >= 0.3 is 0 Å². The molecule has 1 amide bonds. The minimum absolute atomic E-state index is 0.174. The molecular weight excluding hydrogens is 336 g/mol. The highest BCUT2D eigenvalue weighted by molar-refractivity contribution is 7.92. The first-order chi connectivity index (χ1) is 11.9. The summed E-state index contributed by atoms with van der Waals surface area (Å²) < 4.78 is 27.4. The quantitative estimate of drug-likeness (QED) is 0.863. The largest absolute Gasteiger partial charge is 0.352 e. The Bertz CT molecular complexity index is 875. The fourth-order valence-corrected chi connectivity index (χ4v) is 3.98. The van der Waals surface area contributed by atoms with Crippen LogP contribution in [0.25, 0.3) is 0 Å². The molecule has 1 aliphatic rings. The third-order valence-corrected chi connectivity index (χ3v) is 6.13. The molecule has 1 saturated carbocycles. The normalized spacial score (nSPS) is 14.2. The summed E-state index contributed by atoms with van der Waals surface area (Å²) in [6, 6.07) is 13.8. The summed E-state index contributed by atoms with van der Waals surface area (Å²) >= 11 is 0. The van der Waals surface area contributed by atoms with Crippen molar-refractivity contribution in [2.24, 2.45) is 0 Å². The first-order valence-corrected chi connectivity index (χ1v) is 9.76. The molecule has 0 spiro atoms. The highest BCUT2D eigenvalue weighted by atomic mass is 32.2. The summed E-state index contributed by atoms with van der Waals surface area (Å²) in [5, 5.41) is 2.86. The predicted molar refractivity (Wildman–Crippen MR) is 98.1 cm³/mol. The monoisotopic (exact) mass is 358 g/mol. The minimum atomic E-state index is -3.82. The number of carbonyl (C=O) groups excluding carboxylic acids is 1. The molecule has 0 aliphatic heterocycles. The lowest BCUT2D eigenvalue weighted by atomic mass is 10.1. The predicted octanol–water partition coefficient (Wildman–Crippen LogP) is 2.78. The lowest BCUT2D eigenvalue weighted by Gasteiger charge is -2.24. The fraction of sp³-hybridized carbons (Fsp3) is 0.316. The van der Waals surface area contributed by atoms with E-state index in [1.807, 2.05) is 19.9 Å². The molecule has 0 heterocycles. The number of nitrogens with zero attached hydrogens (tertiary/aromatic N) is 1. The van der Waals surface area contributed by atoms with Crippen molar-refractivity contribution in [2.75, 3.05) is 10.8 Å². The second kappa shape index (κ2) is 6.88. The van der Waals surface area contributed by atoms with Crippen LogP contribution < -0.4 is 9.62 Å². The second-order valence-electron chi connectivity index (χ2n) is 6.44. The summed E-state index contributed by atoms with van der Waals surface area (Å²) in [5.74, 6) is -0.278. The molecule has 0 unspecified atom stereocenters. The number of rotatable bonds is 6. The van der Waals surface area contributed by atoms with E-state index in [-0.39, 0.29) is 23.4 Å². The first kappa shape index (κ1) is 17.5. The van der Waals surface area contributed by atoms with E-state index in [9.17, 15) is 13.2 Å². The molecule has 132 valence electrons. The average Bonchev–Trinajstić information content (AvgIpc) is 3.40.